The van der Waals surface area contributed by atoms with Crippen molar-refractivity contribution in [1.82, 2.24) is 0 Å². The first-order valence-corrected chi connectivity index (χ1v) is 17.5. The first-order chi connectivity index (χ1) is 16.5. The number of epoxide rings is 2. The zero-order valence-corrected chi connectivity index (χ0v) is 24.4. The summed E-state index contributed by atoms with van der Waals surface area (Å²) in [6, 6.07) is 1.81. The number of rotatable bonds is 22. The van der Waals surface area contributed by atoms with Crippen LogP contribution in [0.1, 0.15) is 47.5 Å². The minimum Gasteiger partial charge on any atom is -0.395 e. The zero-order valence-electron chi connectivity index (χ0n) is 22.4. The molecule has 2 heterocycles. The molecule has 204 valence electrons. The van der Waals surface area contributed by atoms with Crippen LogP contribution in [-0.2, 0) is 41.1 Å². The molecule has 2 aliphatic rings. The predicted octanol–water partition coefficient (Wildman–Crippen LogP) is 3.78. The van der Waals surface area contributed by atoms with Gasteiger partial charge in [0.25, 0.3) is 0 Å². The highest BCUT2D eigenvalue weighted by atomic mass is 28.4. The van der Waals surface area contributed by atoms with Crippen LogP contribution in [0, 0.1) is 0 Å². The quantitative estimate of drug-likeness (QED) is 0.119. The molecule has 11 heteroatoms. The Kier molecular flexibility index (Phi) is 18.1. The van der Waals surface area contributed by atoms with E-state index >= 15 is 0 Å². The first-order valence-electron chi connectivity index (χ1n) is 13.0. The topological polar surface area (TPSA) is 89.7 Å². The molecule has 2 aliphatic heterocycles. The Morgan fingerprint density at radius 1 is 0.618 bits per heavy atom. The summed E-state index contributed by atoms with van der Waals surface area (Å²) in [7, 11) is -4.39. The van der Waals surface area contributed by atoms with Crippen molar-refractivity contribution in [1.29, 1.82) is 0 Å². The average molecular weight is 527 g/mol. The van der Waals surface area contributed by atoms with Crippen molar-refractivity contribution in [3.63, 3.8) is 0 Å². The van der Waals surface area contributed by atoms with E-state index in [0.29, 0.717) is 45.2 Å². The van der Waals surface area contributed by atoms with Gasteiger partial charge in [0.05, 0.1) is 26.4 Å². The molecule has 2 saturated heterocycles. The maximum Gasteiger partial charge on any atom is 0.501 e. The second-order valence-corrected chi connectivity index (χ2v) is 14.3. The number of ether oxygens (including phenoxy) is 4. The largest absolute Gasteiger partial charge is 0.501 e. The lowest BCUT2D eigenvalue weighted by molar-refractivity contribution is 0.0648. The summed E-state index contributed by atoms with van der Waals surface area (Å²) in [5, 5.41) is 0. The standard InChI is InChI=1S/C12H26O5Si.C11H24O4Si/c1-4-15-18(16-5-2,17-6-3)9-7-8-13-10-12-11-14-12;1-4-14-16(3,15-5-2)8-6-7-12-9-11-10-13-11/h12H,4-11H2,1-3H3;11H,4-10H2,1-3H3. The van der Waals surface area contributed by atoms with Crippen molar-refractivity contribution < 1.29 is 41.1 Å². The molecule has 2 fully saturated rings. The van der Waals surface area contributed by atoms with E-state index in [1.54, 1.807) is 0 Å². The molecule has 2 atom stereocenters. The van der Waals surface area contributed by atoms with Crippen molar-refractivity contribution in [2.45, 2.75) is 78.3 Å². The molecule has 0 aromatic carbocycles. The summed E-state index contributed by atoms with van der Waals surface area (Å²) in [5.41, 5.74) is 0. The van der Waals surface area contributed by atoms with E-state index in [1.165, 1.54) is 0 Å². The SMILES string of the molecule is CCO[Si](C)(CCCOCC1CO1)OCC.CCO[Si](CCCOCC1CO1)(OCC)OCC. The fourth-order valence-corrected chi connectivity index (χ4v) is 8.40. The predicted molar refractivity (Wildman–Crippen MR) is 135 cm³/mol. The van der Waals surface area contributed by atoms with Gasteiger partial charge in [-0.05, 0) is 60.1 Å². The molecule has 0 bridgehead atoms. The van der Waals surface area contributed by atoms with Crippen molar-refractivity contribution in [3.05, 3.63) is 0 Å². The Morgan fingerprint density at radius 2 is 1.00 bits per heavy atom. The molecule has 0 aromatic rings. The molecule has 0 aliphatic carbocycles. The molecular formula is C23H50O9Si2. The Balaban J connectivity index is 0.000000342. The van der Waals surface area contributed by atoms with Gasteiger partial charge in [0.2, 0.25) is 0 Å². The molecule has 2 rings (SSSR count). The van der Waals surface area contributed by atoms with Crippen LogP contribution in [-0.4, -0.2) is 102 Å². The first kappa shape index (κ1) is 32.1. The summed E-state index contributed by atoms with van der Waals surface area (Å²) in [4.78, 5) is 0. The smallest absolute Gasteiger partial charge is 0.395 e. The van der Waals surface area contributed by atoms with E-state index in [4.69, 9.17) is 41.1 Å². The third kappa shape index (κ3) is 15.9. The lowest BCUT2D eigenvalue weighted by Gasteiger charge is -2.28. The Bertz CT molecular complexity index is 456. The van der Waals surface area contributed by atoms with E-state index < -0.39 is 17.4 Å². The number of hydrogen-bond donors (Lipinski definition) is 0. The third-order valence-corrected chi connectivity index (χ3v) is 11.3. The van der Waals surface area contributed by atoms with Gasteiger partial charge in [0.15, 0.2) is 0 Å². The fraction of sp³-hybridized carbons (Fsp3) is 1.00. The van der Waals surface area contributed by atoms with Gasteiger partial charge in [-0.2, -0.15) is 0 Å². The Morgan fingerprint density at radius 3 is 1.35 bits per heavy atom. The maximum absolute atomic E-state index is 5.76. The molecule has 34 heavy (non-hydrogen) atoms. The molecule has 2 unspecified atom stereocenters. The summed E-state index contributed by atoms with van der Waals surface area (Å²) in [6.07, 6.45) is 2.61. The third-order valence-electron chi connectivity index (χ3n) is 5.10. The van der Waals surface area contributed by atoms with Crippen molar-refractivity contribution in [2.75, 3.05) is 72.7 Å². The van der Waals surface area contributed by atoms with Crippen LogP contribution in [0.15, 0.2) is 0 Å². The maximum atomic E-state index is 5.76. The van der Waals surface area contributed by atoms with Crippen LogP contribution >= 0.6 is 0 Å². The molecule has 0 N–H and O–H groups in total. The Labute approximate surface area is 209 Å². The van der Waals surface area contributed by atoms with Gasteiger partial charge in [-0.1, -0.05) is 0 Å². The van der Waals surface area contributed by atoms with Gasteiger partial charge >= 0.3 is 17.4 Å². The molecule has 0 amide bonds. The van der Waals surface area contributed by atoms with Crippen LogP contribution in [0.4, 0.5) is 0 Å². The van der Waals surface area contributed by atoms with E-state index in [0.717, 1.165) is 64.6 Å². The summed E-state index contributed by atoms with van der Waals surface area (Å²) in [5.74, 6) is 0. The normalized spacial score (nSPS) is 19.6. The molecule has 0 aromatic heterocycles. The average Bonchev–Trinajstić information content (AvgIpc) is 3.70. The molecule has 0 saturated carbocycles. The van der Waals surface area contributed by atoms with E-state index in [1.807, 2.05) is 34.6 Å². The van der Waals surface area contributed by atoms with Crippen LogP contribution in [0.25, 0.3) is 0 Å². The minimum atomic E-state index is -2.47. The van der Waals surface area contributed by atoms with E-state index in [9.17, 15) is 0 Å². The van der Waals surface area contributed by atoms with Gasteiger partial charge < -0.3 is 41.1 Å². The van der Waals surface area contributed by atoms with Gasteiger partial charge in [-0.25, -0.2) is 0 Å². The van der Waals surface area contributed by atoms with Crippen LogP contribution in [0.5, 0.6) is 0 Å². The minimum absolute atomic E-state index is 0.331. The van der Waals surface area contributed by atoms with Crippen LogP contribution in [0.3, 0.4) is 0 Å². The van der Waals surface area contributed by atoms with Crippen molar-refractivity contribution >= 4 is 17.4 Å². The highest BCUT2D eigenvalue weighted by Crippen LogP contribution is 2.19. The van der Waals surface area contributed by atoms with Gasteiger partial charge in [-0.3, -0.25) is 0 Å². The molecule has 0 spiro atoms. The molecule has 9 nitrogen and oxygen atoms in total. The van der Waals surface area contributed by atoms with Crippen LogP contribution in [0.2, 0.25) is 18.6 Å². The lowest BCUT2D eigenvalue weighted by atomic mass is 10.5. The van der Waals surface area contributed by atoms with Crippen molar-refractivity contribution in [2.24, 2.45) is 0 Å². The Hall–Kier alpha value is 0.0738. The highest BCUT2D eigenvalue weighted by molar-refractivity contribution is 6.66. The second kappa shape index (κ2) is 19.2. The summed E-state index contributed by atoms with van der Waals surface area (Å²) >= 11 is 0. The number of hydrogen-bond acceptors (Lipinski definition) is 9. The van der Waals surface area contributed by atoms with Crippen molar-refractivity contribution in [3.8, 4) is 0 Å². The van der Waals surface area contributed by atoms with Gasteiger partial charge in [-0.15, -0.1) is 0 Å². The molecule has 0 radical (unpaired) electrons. The monoisotopic (exact) mass is 526 g/mol. The molecular weight excluding hydrogens is 476 g/mol. The summed E-state index contributed by atoms with van der Waals surface area (Å²) < 4.78 is 49.9. The second-order valence-electron chi connectivity index (χ2n) is 8.25. The fourth-order valence-electron chi connectivity index (χ4n) is 3.44. The van der Waals surface area contributed by atoms with Gasteiger partial charge in [0, 0.05) is 52.3 Å². The zero-order chi connectivity index (χ0) is 25.1. The lowest BCUT2D eigenvalue weighted by Crippen LogP contribution is -2.46. The summed E-state index contributed by atoms with van der Waals surface area (Å²) in [6.45, 7) is 20.1. The van der Waals surface area contributed by atoms with E-state index in [2.05, 4.69) is 6.55 Å². The van der Waals surface area contributed by atoms with E-state index in [-0.39, 0.29) is 0 Å². The van der Waals surface area contributed by atoms with Crippen LogP contribution < -0.4 is 0 Å². The highest BCUT2D eigenvalue weighted by Gasteiger charge is 2.39. The van der Waals surface area contributed by atoms with Gasteiger partial charge in [0.1, 0.15) is 12.2 Å².